The van der Waals surface area contributed by atoms with Crippen LogP contribution in [0.1, 0.15) is 38.3 Å². The molecule has 0 bridgehead atoms. The molecule has 0 spiro atoms. The number of nitrogens with one attached hydrogen (secondary N) is 2. The van der Waals surface area contributed by atoms with E-state index in [2.05, 4.69) is 90.7 Å². The van der Waals surface area contributed by atoms with Crippen LogP contribution in [0.4, 0.5) is 0 Å². The molecule has 0 unspecified atom stereocenters. The third kappa shape index (κ3) is 3.06. The maximum absolute atomic E-state index is 4.89. The van der Waals surface area contributed by atoms with Crippen molar-refractivity contribution in [3.63, 3.8) is 0 Å². The zero-order chi connectivity index (χ0) is 24.8. The Bertz CT molecular complexity index is 2170. The molecular formula is C31H24N4S2. The largest absolute Gasteiger partial charge is 0.342 e. The quantitative estimate of drug-likeness (QED) is 0.246. The molecule has 2 N–H and O–H groups in total. The second kappa shape index (κ2) is 7.63. The molecule has 0 aliphatic heterocycles. The van der Waals surface area contributed by atoms with Gasteiger partial charge in [0.15, 0.2) is 0 Å². The van der Waals surface area contributed by atoms with E-state index in [4.69, 9.17) is 9.97 Å². The topological polar surface area (TPSA) is 57.4 Å². The van der Waals surface area contributed by atoms with Gasteiger partial charge >= 0.3 is 0 Å². The van der Waals surface area contributed by atoms with Crippen LogP contribution in [0, 0.1) is 0 Å². The van der Waals surface area contributed by atoms with Crippen LogP contribution >= 0.6 is 22.7 Å². The molecule has 4 nitrogen and oxygen atoms in total. The summed E-state index contributed by atoms with van der Waals surface area (Å²) in [6, 6.07) is 20.5. The van der Waals surface area contributed by atoms with Gasteiger partial charge in [-0.05, 0) is 46.8 Å². The molecule has 0 saturated heterocycles. The van der Waals surface area contributed by atoms with Crippen LogP contribution in [0.5, 0.6) is 0 Å². The molecule has 4 heterocycles. The molecule has 8 rings (SSSR count). The zero-order valence-electron chi connectivity index (χ0n) is 20.8. The number of hydrogen-bond donors (Lipinski definition) is 2. The van der Waals surface area contributed by atoms with Crippen molar-refractivity contribution in [2.45, 2.75) is 33.1 Å². The van der Waals surface area contributed by atoms with Gasteiger partial charge in [0.1, 0.15) is 11.6 Å². The van der Waals surface area contributed by atoms with Crippen molar-refractivity contribution < 1.29 is 0 Å². The molecule has 4 aromatic carbocycles. The summed E-state index contributed by atoms with van der Waals surface area (Å²) in [5.41, 5.74) is 6.89. The van der Waals surface area contributed by atoms with Crippen LogP contribution in [0.15, 0.2) is 60.0 Å². The number of imidazole rings is 2. The van der Waals surface area contributed by atoms with Gasteiger partial charge in [0.25, 0.3) is 0 Å². The predicted molar refractivity (Wildman–Crippen MR) is 160 cm³/mol. The van der Waals surface area contributed by atoms with Crippen molar-refractivity contribution in [3.05, 3.63) is 71.6 Å². The molecule has 0 radical (unpaired) electrons. The number of aromatic amines is 2. The van der Waals surface area contributed by atoms with Gasteiger partial charge < -0.3 is 9.97 Å². The van der Waals surface area contributed by atoms with Crippen molar-refractivity contribution in [3.8, 4) is 11.1 Å². The fourth-order valence-corrected chi connectivity index (χ4v) is 7.65. The van der Waals surface area contributed by atoms with Crippen molar-refractivity contribution in [1.82, 2.24) is 19.9 Å². The molecule has 4 aromatic heterocycles. The first-order valence-corrected chi connectivity index (χ1v) is 14.4. The average Bonchev–Trinajstić information content (AvgIpc) is 3.69. The Morgan fingerprint density at radius 1 is 0.784 bits per heavy atom. The summed E-state index contributed by atoms with van der Waals surface area (Å²) in [4.78, 5) is 16.8. The summed E-state index contributed by atoms with van der Waals surface area (Å²) in [5, 5.41) is 8.56. The minimum absolute atomic E-state index is 0.389. The molecule has 0 fully saturated rings. The van der Waals surface area contributed by atoms with Crippen molar-refractivity contribution in [2.24, 2.45) is 0 Å². The van der Waals surface area contributed by atoms with Gasteiger partial charge in [0, 0.05) is 53.4 Å². The van der Waals surface area contributed by atoms with E-state index >= 15 is 0 Å². The van der Waals surface area contributed by atoms with Gasteiger partial charge in [0.2, 0.25) is 0 Å². The third-order valence-electron chi connectivity index (χ3n) is 7.52. The summed E-state index contributed by atoms with van der Waals surface area (Å²) in [5.74, 6) is 2.48. The SMILES string of the molecule is CCc1nc2c3ccsc3c3cc(-c4ccc5c(c4)sc4cc6nc(C(C)C)[nH]c6cc45)ccc3c2[nH]1. The van der Waals surface area contributed by atoms with E-state index in [1.54, 1.807) is 11.3 Å². The van der Waals surface area contributed by atoms with Crippen LogP contribution in [0.3, 0.4) is 0 Å². The summed E-state index contributed by atoms with van der Waals surface area (Å²) in [6.07, 6.45) is 0.902. The van der Waals surface area contributed by atoms with Gasteiger partial charge in [-0.1, -0.05) is 45.0 Å². The zero-order valence-corrected chi connectivity index (χ0v) is 22.4. The van der Waals surface area contributed by atoms with Gasteiger partial charge in [-0.15, -0.1) is 22.7 Å². The lowest BCUT2D eigenvalue weighted by Gasteiger charge is -2.07. The van der Waals surface area contributed by atoms with E-state index in [0.717, 1.165) is 40.1 Å². The number of thiophene rings is 2. The maximum atomic E-state index is 4.89. The van der Waals surface area contributed by atoms with Crippen LogP contribution in [0.25, 0.3) is 74.2 Å². The molecule has 8 aromatic rings. The molecule has 6 heteroatoms. The first kappa shape index (κ1) is 21.4. The second-order valence-electron chi connectivity index (χ2n) is 10.1. The summed E-state index contributed by atoms with van der Waals surface area (Å²) >= 11 is 3.65. The van der Waals surface area contributed by atoms with E-state index in [0.29, 0.717) is 5.92 Å². The van der Waals surface area contributed by atoms with Crippen LogP contribution in [0.2, 0.25) is 0 Å². The average molecular weight is 517 g/mol. The Labute approximate surface area is 221 Å². The second-order valence-corrected chi connectivity index (χ2v) is 12.1. The molecule has 0 atom stereocenters. The number of rotatable bonds is 3. The standard InChI is InChI=1S/C31H24N4S2/c1-4-27-34-28-19-8-6-16(11-22(19)30-20(9-10-36-30)29(28)35-27)17-5-7-18-21-13-23-24(33-31(32-23)15(2)3)14-26(21)37-25(18)12-17/h5-15H,4H2,1-3H3,(H,32,33)(H,34,35). The highest BCUT2D eigenvalue weighted by Crippen LogP contribution is 2.41. The Balaban J connectivity index is 1.31. The highest BCUT2D eigenvalue weighted by molar-refractivity contribution is 7.26. The Kier molecular flexibility index (Phi) is 4.41. The first-order chi connectivity index (χ1) is 18.1. The van der Waals surface area contributed by atoms with Gasteiger partial charge in [-0.3, -0.25) is 0 Å². The van der Waals surface area contributed by atoms with Crippen LogP contribution < -0.4 is 0 Å². The number of benzene rings is 4. The number of fused-ring (bicyclic) bond motifs is 10. The Hall–Kier alpha value is -3.74. The van der Waals surface area contributed by atoms with Gasteiger partial charge in [0.05, 0.1) is 22.1 Å². The van der Waals surface area contributed by atoms with Crippen LogP contribution in [-0.4, -0.2) is 19.9 Å². The summed E-state index contributed by atoms with van der Waals surface area (Å²) in [6.45, 7) is 6.49. The maximum Gasteiger partial charge on any atom is 0.109 e. The minimum Gasteiger partial charge on any atom is -0.342 e. The normalized spacial score (nSPS) is 12.5. The predicted octanol–water partition coefficient (Wildman–Crippen LogP) is 9.53. The third-order valence-corrected chi connectivity index (χ3v) is 9.58. The fraction of sp³-hybridized carbons (Fsp3) is 0.161. The van der Waals surface area contributed by atoms with E-state index < -0.39 is 0 Å². The smallest absolute Gasteiger partial charge is 0.109 e. The molecule has 180 valence electrons. The minimum atomic E-state index is 0.389. The van der Waals surface area contributed by atoms with E-state index in [1.165, 1.54) is 52.2 Å². The number of hydrogen-bond acceptors (Lipinski definition) is 4. The Morgan fingerprint density at radius 2 is 1.59 bits per heavy atom. The molecule has 0 aliphatic carbocycles. The van der Waals surface area contributed by atoms with Crippen LogP contribution in [-0.2, 0) is 6.42 Å². The number of aryl methyl sites for hydroxylation is 1. The summed E-state index contributed by atoms with van der Waals surface area (Å²) in [7, 11) is 0. The van der Waals surface area contributed by atoms with E-state index in [1.807, 2.05) is 11.3 Å². The molecule has 0 amide bonds. The van der Waals surface area contributed by atoms with E-state index in [-0.39, 0.29) is 0 Å². The van der Waals surface area contributed by atoms with Crippen molar-refractivity contribution in [1.29, 1.82) is 0 Å². The number of aromatic nitrogens is 4. The first-order valence-electron chi connectivity index (χ1n) is 12.7. The molecule has 37 heavy (non-hydrogen) atoms. The van der Waals surface area contributed by atoms with Crippen molar-refractivity contribution >= 4 is 85.8 Å². The van der Waals surface area contributed by atoms with E-state index in [9.17, 15) is 0 Å². The van der Waals surface area contributed by atoms with Crippen molar-refractivity contribution in [2.75, 3.05) is 0 Å². The van der Waals surface area contributed by atoms with Gasteiger partial charge in [-0.25, -0.2) is 9.97 Å². The fourth-order valence-electron chi connectivity index (χ4n) is 5.57. The summed E-state index contributed by atoms with van der Waals surface area (Å²) < 4.78 is 3.90. The molecule has 0 aliphatic rings. The number of nitrogens with zero attached hydrogens (tertiary/aromatic N) is 2. The monoisotopic (exact) mass is 516 g/mol. The highest BCUT2D eigenvalue weighted by atomic mass is 32.1. The lowest BCUT2D eigenvalue weighted by molar-refractivity contribution is 0.799. The van der Waals surface area contributed by atoms with Gasteiger partial charge in [-0.2, -0.15) is 0 Å². The lowest BCUT2D eigenvalue weighted by atomic mass is 9.98. The Morgan fingerprint density at radius 3 is 2.43 bits per heavy atom. The molecular weight excluding hydrogens is 493 g/mol. The molecule has 0 saturated carbocycles. The number of H-pyrrole nitrogens is 2. The lowest BCUT2D eigenvalue weighted by Crippen LogP contribution is -1.88. The highest BCUT2D eigenvalue weighted by Gasteiger charge is 2.16.